The van der Waals surface area contributed by atoms with Crippen LogP contribution in [0.15, 0.2) is 18.2 Å². The van der Waals surface area contributed by atoms with E-state index in [-0.39, 0.29) is 29.8 Å². The van der Waals surface area contributed by atoms with E-state index < -0.39 is 76.0 Å². The van der Waals surface area contributed by atoms with Gasteiger partial charge in [-0.2, -0.15) is 27.5 Å². The molecule has 230 valence electrons. The Morgan fingerprint density at radius 2 is 1.20 bits per heavy atom. The number of hydrogen-bond donors (Lipinski definition) is 4. The molecule has 44 heavy (non-hydrogen) atoms. The number of rotatable bonds is 8. The normalized spacial score (nSPS) is 11.1. The number of carbonyl (C=O) groups is 2. The Bertz CT molecular complexity index is 1680. The van der Waals surface area contributed by atoms with Crippen LogP contribution in [-0.2, 0) is 4.79 Å². The lowest BCUT2D eigenvalue weighted by atomic mass is 10.0. The summed E-state index contributed by atoms with van der Waals surface area (Å²) < 4.78 is 110. The van der Waals surface area contributed by atoms with Crippen LogP contribution in [0, 0.1) is 70.7 Å². The highest BCUT2D eigenvalue weighted by molar-refractivity contribution is 5.95. The van der Waals surface area contributed by atoms with Gasteiger partial charge in [-0.1, -0.05) is 23.7 Å². The molecule has 2 heterocycles. The van der Waals surface area contributed by atoms with Gasteiger partial charge in [-0.3, -0.25) is 9.59 Å². The molecule has 0 fully saturated rings. The molecule has 0 aliphatic carbocycles. The van der Waals surface area contributed by atoms with E-state index in [1.165, 1.54) is 0 Å². The molecule has 16 heteroatoms. The summed E-state index contributed by atoms with van der Waals surface area (Å²) in [6.45, 7) is 0.244. The van der Waals surface area contributed by atoms with E-state index in [0.29, 0.717) is 19.4 Å². The summed E-state index contributed by atoms with van der Waals surface area (Å²) >= 11 is 0. The number of nitrogens with zero attached hydrogens (tertiary/aromatic N) is 2. The minimum absolute atomic E-state index is 0.0228. The molecule has 1 aromatic carbocycles. The van der Waals surface area contributed by atoms with Crippen LogP contribution in [-0.4, -0.2) is 47.5 Å². The van der Waals surface area contributed by atoms with Crippen molar-refractivity contribution in [3.8, 4) is 23.7 Å². The smallest absolute Gasteiger partial charge is 0.253 e. The second-order valence-corrected chi connectivity index (χ2v) is 8.74. The average molecular weight is 624 g/mol. The van der Waals surface area contributed by atoms with Crippen molar-refractivity contribution >= 4 is 11.8 Å². The molecule has 0 radical (unpaired) electrons. The zero-order valence-electron chi connectivity index (χ0n) is 22.2. The molecular weight excluding hydrogens is 604 g/mol. The Morgan fingerprint density at radius 1 is 0.727 bits per heavy atom. The lowest BCUT2D eigenvalue weighted by Gasteiger charge is -2.12. The van der Waals surface area contributed by atoms with Crippen LogP contribution < -0.4 is 22.1 Å². The standard InChI is InChI=1S/C28H20F8N6O2/c29-19-16(20(30)24(34)41-23(19)33)7-5-13-3-4-15(27(43)39-10-11-40-28(44)18(38)2-1-9-37)12-14(13)6-8-17-21(31)25(35)42-26(36)22(17)32/h3-4,12,18H,1-2,9-11,37-38H2,(H,39,43)(H,40,44)/t18-/m0/s1. The lowest BCUT2D eigenvalue weighted by molar-refractivity contribution is -0.122. The maximum Gasteiger partial charge on any atom is 0.253 e. The van der Waals surface area contributed by atoms with Crippen LogP contribution in [0.1, 0.15) is 45.5 Å². The monoisotopic (exact) mass is 624 g/mol. The van der Waals surface area contributed by atoms with Crippen molar-refractivity contribution in [2.75, 3.05) is 19.6 Å². The van der Waals surface area contributed by atoms with E-state index in [9.17, 15) is 44.7 Å². The topological polar surface area (TPSA) is 136 Å². The Balaban J connectivity index is 1.95. The molecule has 0 unspecified atom stereocenters. The zero-order valence-corrected chi connectivity index (χ0v) is 22.2. The van der Waals surface area contributed by atoms with Gasteiger partial charge in [-0.05, 0) is 37.6 Å². The fourth-order valence-corrected chi connectivity index (χ4v) is 3.41. The summed E-state index contributed by atoms with van der Waals surface area (Å²) in [5.41, 5.74) is 7.55. The third kappa shape index (κ3) is 8.06. The quantitative estimate of drug-likeness (QED) is 0.132. The maximum atomic E-state index is 14.1. The molecule has 2 aromatic heterocycles. The van der Waals surface area contributed by atoms with Gasteiger partial charge in [0.25, 0.3) is 29.7 Å². The van der Waals surface area contributed by atoms with Crippen LogP contribution >= 0.6 is 0 Å². The van der Waals surface area contributed by atoms with Crippen LogP contribution in [0.5, 0.6) is 0 Å². The number of amides is 2. The Labute approximate surface area is 244 Å². The predicted octanol–water partition coefficient (Wildman–Crippen LogP) is 2.30. The Kier molecular flexibility index (Phi) is 11.3. The van der Waals surface area contributed by atoms with Gasteiger partial charge >= 0.3 is 0 Å². The summed E-state index contributed by atoms with van der Waals surface area (Å²) in [6.07, 6.45) is 0.881. The zero-order chi connectivity index (χ0) is 32.6. The molecule has 0 aliphatic rings. The number of aromatic nitrogens is 2. The van der Waals surface area contributed by atoms with E-state index in [0.717, 1.165) is 18.2 Å². The van der Waals surface area contributed by atoms with Gasteiger partial charge in [-0.25, -0.2) is 17.6 Å². The fourth-order valence-electron chi connectivity index (χ4n) is 3.41. The van der Waals surface area contributed by atoms with Crippen molar-refractivity contribution in [1.29, 1.82) is 0 Å². The molecule has 0 saturated carbocycles. The second-order valence-electron chi connectivity index (χ2n) is 8.74. The Hall–Kier alpha value is -5.06. The number of hydrogen-bond acceptors (Lipinski definition) is 6. The lowest BCUT2D eigenvalue weighted by Crippen LogP contribution is -2.43. The number of halogens is 8. The Morgan fingerprint density at radius 3 is 1.70 bits per heavy atom. The predicted molar refractivity (Wildman–Crippen MR) is 138 cm³/mol. The molecule has 1 atom stereocenters. The van der Waals surface area contributed by atoms with Crippen molar-refractivity contribution in [3.05, 3.63) is 93.1 Å². The van der Waals surface area contributed by atoms with Crippen molar-refractivity contribution in [3.63, 3.8) is 0 Å². The first-order valence-electron chi connectivity index (χ1n) is 12.4. The minimum Gasteiger partial charge on any atom is -0.353 e. The summed E-state index contributed by atoms with van der Waals surface area (Å²) in [4.78, 5) is 29.4. The molecule has 0 bridgehead atoms. The van der Waals surface area contributed by atoms with Gasteiger partial charge < -0.3 is 22.1 Å². The molecule has 3 aromatic rings. The molecule has 0 saturated heterocycles. The number of pyridine rings is 2. The highest BCUT2D eigenvalue weighted by atomic mass is 19.2. The van der Waals surface area contributed by atoms with Crippen molar-refractivity contribution in [2.24, 2.45) is 11.5 Å². The van der Waals surface area contributed by atoms with Crippen molar-refractivity contribution in [1.82, 2.24) is 20.6 Å². The van der Waals surface area contributed by atoms with Crippen LogP contribution in [0.4, 0.5) is 35.1 Å². The number of carbonyl (C=O) groups excluding carboxylic acids is 2. The first kappa shape index (κ1) is 33.4. The van der Waals surface area contributed by atoms with Gasteiger partial charge in [-0.15, -0.1) is 0 Å². The number of benzene rings is 1. The average Bonchev–Trinajstić information content (AvgIpc) is 3.00. The second kappa shape index (κ2) is 14.9. The van der Waals surface area contributed by atoms with Gasteiger partial charge in [0.2, 0.25) is 5.91 Å². The van der Waals surface area contributed by atoms with Crippen molar-refractivity contribution < 1.29 is 44.7 Å². The molecule has 3 rings (SSSR count). The highest BCUT2D eigenvalue weighted by Gasteiger charge is 2.21. The summed E-state index contributed by atoms with van der Waals surface area (Å²) in [6, 6.07) is 2.40. The molecule has 2 amide bonds. The largest absolute Gasteiger partial charge is 0.353 e. The highest BCUT2D eigenvalue weighted by Crippen LogP contribution is 2.18. The molecular formula is C28H20F8N6O2. The summed E-state index contributed by atoms with van der Waals surface area (Å²) in [7, 11) is 0. The molecule has 8 nitrogen and oxygen atoms in total. The maximum absolute atomic E-state index is 14.1. The van der Waals surface area contributed by atoms with Crippen LogP contribution in [0.25, 0.3) is 0 Å². The number of nitrogens with two attached hydrogens (primary N) is 2. The van der Waals surface area contributed by atoms with Gasteiger partial charge in [0.1, 0.15) is 11.1 Å². The SMILES string of the molecule is NCCC[C@H](N)C(=O)NCCNC(=O)c1ccc(C#Cc2c(F)c(F)nc(F)c2F)c(C#Cc2c(F)c(F)nc(F)c2F)c1. The van der Waals surface area contributed by atoms with E-state index in [2.05, 4.69) is 32.4 Å². The fraction of sp³-hybridized carbons (Fsp3) is 0.214. The first-order valence-corrected chi connectivity index (χ1v) is 12.4. The minimum atomic E-state index is -2.00. The summed E-state index contributed by atoms with van der Waals surface area (Å²) in [5.74, 6) is -8.87. The van der Waals surface area contributed by atoms with Gasteiger partial charge in [0.15, 0.2) is 23.3 Å². The van der Waals surface area contributed by atoms with E-state index >= 15 is 0 Å². The van der Waals surface area contributed by atoms with E-state index in [1.54, 1.807) is 0 Å². The molecule has 6 N–H and O–H groups in total. The van der Waals surface area contributed by atoms with E-state index in [4.69, 9.17) is 11.5 Å². The first-order chi connectivity index (χ1) is 20.8. The van der Waals surface area contributed by atoms with Crippen molar-refractivity contribution in [2.45, 2.75) is 18.9 Å². The van der Waals surface area contributed by atoms with Crippen LogP contribution in [0.3, 0.4) is 0 Å². The number of nitrogens with one attached hydrogen (secondary N) is 2. The molecule has 0 spiro atoms. The molecule has 0 aliphatic heterocycles. The van der Waals surface area contributed by atoms with Crippen LogP contribution in [0.2, 0.25) is 0 Å². The van der Waals surface area contributed by atoms with Gasteiger partial charge in [0.05, 0.1) is 6.04 Å². The third-order valence-corrected chi connectivity index (χ3v) is 5.69. The van der Waals surface area contributed by atoms with E-state index in [1.807, 2.05) is 11.8 Å². The van der Waals surface area contributed by atoms with Gasteiger partial charge in [0, 0.05) is 29.8 Å². The summed E-state index contributed by atoms with van der Waals surface area (Å²) in [5, 5.41) is 4.97. The third-order valence-electron chi connectivity index (χ3n) is 5.69.